The van der Waals surface area contributed by atoms with Crippen molar-refractivity contribution in [2.45, 2.75) is 32.4 Å². The molecule has 0 spiro atoms. The molecule has 7 nitrogen and oxygen atoms in total. The first-order chi connectivity index (χ1) is 10.5. The second-order valence-electron chi connectivity index (χ2n) is 5.98. The molecule has 0 saturated heterocycles. The maximum Gasteiger partial charge on any atom is 0.275 e. The molecule has 3 rings (SSSR count). The number of carbonyl (C=O) groups excluding carboxylic acids is 1. The van der Waals surface area contributed by atoms with E-state index in [9.17, 15) is 9.90 Å². The average Bonchev–Trinajstić information content (AvgIpc) is 3.12. The quantitative estimate of drug-likeness (QED) is 0.863. The summed E-state index contributed by atoms with van der Waals surface area (Å²) in [5.74, 6) is 0.667. The molecule has 118 valence electrons. The standard InChI is InChI=1S/C15H20N4O3/c1-10-6-16-19(7-10)8-12-5-13(17-22-12)15(21)18(2)9-14(20)11-3-4-11/h5-7,11,14,20H,3-4,8-9H2,1-2H3. The lowest BCUT2D eigenvalue weighted by Crippen LogP contribution is -2.35. The van der Waals surface area contributed by atoms with Crippen LogP contribution in [0.15, 0.2) is 23.0 Å². The van der Waals surface area contributed by atoms with Crippen LogP contribution in [-0.4, -0.2) is 50.5 Å². The van der Waals surface area contributed by atoms with Crippen molar-refractivity contribution in [3.05, 3.63) is 35.5 Å². The number of hydrogen-bond donors (Lipinski definition) is 1. The third kappa shape index (κ3) is 3.36. The van der Waals surface area contributed by atoms with E-state index >= 15 is 0 Å². The lowest BCUT2D eigenvalue weighted by Gasteiger charge is -2.19. The number of likely N-dealkylation sites (N-methyl/N-ethyl adjacent to an activating group) is 1. The number of aliphatic hydroxyl groups excluding tert-OH is 1. The summed E-state index contributed by atoms with van der Waals surface area (Å²) in [6.45, 7) is 2.71. The molecule has 1 amide bonds. The van der Waals surface area contributed by atoms with Gasteiger partial charge in [-0.1, -0.05) is 5.16 Å². The summed E-state index contributed by atoms with van der Waals surface area (Å²) in [5, 5.41) is 17.9. The molecule has 22 heavy (non-hydrogen) atoms. The Bertz CT molecular complexity index is 659. The van der Waals surface area contributed by atoms with Crippen LogP contribution in [0.2, 0.25) is 0 Å². The highest BCUT2D eigenvalue weighted by atomic mass is 16.5. The Labute approximate surface area is 128 Å². The van der Waals surface area contributed by atoms with Crippen LogP contribution < -0.4 is 0 Å². The summed E-state index contributed by atoms with van der Waals surface area (Å²) in [6, 6.07) is 1.62. The predicted molar refractivity (Wildman–Crippen MR) is 78.3 cm³/mol. The monoisotopic (exact) mass is 304 g/mol. The van der Waals surface area contributed by atoms with Gasteiger partial charge in [-0.3, -0.25) is 9.48 Å². The summed E-state index contributed by atoms with van der Waals surface area (Å²) in [4.78, 5) is 13.8. The maximum atomic E-state index is 12.3. The molecule has 1 aliphatic rings. The zero-order valence-corrected chi connectivity index (χ0v) is 12.8. The van der Waals surface area contributed by atoms with Gasteiger partial charge in [0.15, 0.2) is 11.5 Å². The molecule has 0 aromatic carbocycles. The van der Waals surface area contributed by atoms with E-state index < -0.39 is 6.10 Å². The number of nitrogens with zero attached hydrogens (tertiary/aromatic N) is 4. The van der Waals surface area contributed by atoms with Crippen molar-refractivity contribution in [3.63, 3.8) is 0 Å². The van der Waals surface area contributed by atoms with Crippen molar-refractivity contribution in [3.8, 4) is 0 Å². The molecule has 1 fully saturated rings. The maximum absolute atomic E-state index is 12.3. The smallest absolute Gasteiger partial charge is 0.275 e. The molecule has 0 bridgehead atoms. The molecule has 7 heteroatoms. The van der Waals surface area contributed by atoms with E-state index in [-0.39, 0.29) is 11.6 Å². The molecule has 1 unspecified atom stereocenters. The van der Waals surface area contributed by atoms with E-state index in [1.165, 1.54) is 4.90 Å². The lowest BCUT2D eigenvalue weighted by atomic mass is 10.2. The van der Waals surface area contributed by atoms with Gasteiger partial charge >= 0.3 is 0 Å². The fourth-order valence-corrected chi connectivity index (χ4v) is 2.39. The first-order valence-corrected chi connectivity index (χ1v) is 7.41. The highest BCUT2D eigenvalue weighted by Crippen LogP contribution is 2.32. The molecule has 1 saturated carbocycles. The highest BCUT2D eigenvalue weighted by Gasteiger charge is 2.31. The van der Waals surface area contributed by atoms with Crippen molar-refractivity contribution >= 4 is 5.91 Å². The molecular formula is C15H20N4O3. The Morgan fingerprint density at radius 1 is 1.59 bits per heavy atom. The van der Waals surface area contributed by atoms with E-state index in [1.807, 2.05) is 13.1 Å². The summed E-state index contributed by atoms with van der Waals surface area (Å²) in [5.41, 5.74) is 1.31. The molecule has 1 atom stereocenters. The van der Waals surface area contributed by atoms with E-state index in [2.05, 4.69) is 10.3 Å². The fraction of sp³-hybridized carbons (Fsp3) is 0.533. The molecule has 0 radical (unpaired) electrons. The molecule has 2 aromatic heterocycles. The van der Waals surface area contributed by atoms with Crippen LogP contribution >= 0.6 is 0 Å². The molecule has 1 N–H and O–H groups in total. The Balaban J connectivity index is 1.60. The number of carbonyl (C=O) groups is 1. The number of hydrogen-bond acceptors (Lipinski definition) is 5. The number of rotatable bonds is 6. The molecule has 0 aliphatic heterocycles. The minimum Gasteiger partial charge on any atom is -0.391 e. The van der Waals surface area contributed by atoms with Gasteiger partial charge in [0.2, 0.25) is 0 Å². The third-order valence-corrected chi connectivity index (χ3v) is 3.83. The number of aliphatic hydroxyl groups is 1. The largest absolute Gasteiger partial charge is 0.391 e. The van der Waals surface area contributed by atoms with Crippen LogP contribution in [-0.2, 0) is 6.54 Å². The first kappa shape index (κ1) is 14.8. The molecular weight excluding hydrogens is 284 g/mol. The van der Waals surface area contributed by atoms with Gasteiger partial charge in [0.25, 0.3) is 5.91 Å². The van der Waals surface area contributed by atoms with Crippen LogP contribution in [0.5, 0.6) is 0 Å². The van der Waals surface area contributed by atoms with Crippen molar-refractivity contribution in [2.75, 3.05) is 13.6 Å². The summed E-state index contributed by atoms with van der Waals surface area (Å²) < 4.78 is 6.92. The van der Waals surface area contributed by atoms with Gasteiger partial charge < -0.3 is 14.5 Å². The minimum atomic E-state index is -0.452. The van der Waals surface area contributed by atoms with Crippen molar-refractivity contribution < 1.29 is 14.4 Å². The van der Waals surface area contributed by atoms with E-state index in [0.717, 1.165) is 18.4 Å². The number of aromatic nitrogens is 3. The van der Waals surface area contributed by atoms with E-state index in [1.54, 1.807) is 24.0 Å². The minimum absolute atomic E-state index is 0.244. The topological polar surface area (TPSA) is 84.4 Å². The van der Waals surface area contributed by atoms with Crippen LogP contribution in [0.4, 0.5) is 0 Å². The van der Waals surface area contributed by atoms with E-state index in [4.69, 9.17) is 4.52 Å². The van der Waals surface area contributed by atoms with Gasteiger partial charge in [-0.05, 0) is 31.2 Å². The Morgan fingerprint density at radius 2 is 2.36 bits per heavy atom. The van der Waals surface area contributed by atoms with Crippen LogP contribution in [0.1, 0.15) is 34.7 Å². The summed E-state index contributed by atoms with van der Waals surface area (Å²) in [7, 11) is 1.67. The molecule has 2 heterocycles. The molecule has 1 aliphatic carbocycles. The number of amides is 1. The Morgan fingerprint density at radius 3 is 3.00 bits per heavy atom. The molecule has 2 aromatic rings. The van der Waals surface area contributed by atoms with Crippen LogP contribution in [0, 0.1) is 12.8 Å². The van der Waals surface area contributed by atoms with Gasteiger partial charge in [0.05, 0.1) is 12.3 Å². The zero-order chi connectivity index (χ0) is 15.7. The first-order valence-electron chi connectivity index (χ1n) is 7.41. The van der Waals surface area contributed by atoms with Gasteiger partial charge in [-0.25, -0.2) is 0 Å². The summed E-state index contributed by atoms with van der Waals surface area (Å²) in [6.07, 6.45) is 5.28. The van der Waals surface area contributed by atoms with Gasteiger partial charge in [-0.15, -0.1) is 0 Å². The van der Waals surface area contributed by atoms with Crippen LogP contribution in [0.25, 0.3) is 0 Å². The highest BCUT2D eigenvalue weighted by molar-refractivity contribution is 5.92. The van der Waals surface area contributed by atoms with Crippen molar-refractivity contribution in [1.29, 1.82) is 0 Å². The van der Waals surface area contributed by atoms with Gasteiger partial charge in [0.1, 0.15) is 6.54 Å². The Hall–Kier alpha value is -2.15. The van der Waals surface area contributed by atoms with Gasteiger partial charge in [0, 0.05) is 25.9 Å². The second kappa shape index (κ2) is 5.92. The zero-order valence-electron chi connectivity index (χ0n) is 12.8. The van der Waals surface area contributed by atoms with E-state index in [0.29, 0.717) is 24.8 Å². The Kier molecular flexibility index (Phi) is 3.98. The lowest BCUT2D eigenvalue weighted by molar-refractivity contribution is 0.0636. The third-order valence-electron chi connectivity index (χ3n) is 3.83. The summed E-state index contributed by atoms with van der Waals surface area (Å²) >= 11 is 0. The normalized spacial score (nSPS) is 15.8. The SMILES string of the molecule is Cc1cnn(Cc2cc(C(=O)N(C)CC(O)C3CC3)no2)c1. The van der Waals surface area contributed by atoms with Crippen molar-refractivity contribution in [1.82, 2.24) is 19.8 Å². The van der Waals surface area contributed by atoms with Crippen LogP contribution in [0.3, 0.4) is 0 Å². The van der Waals surface area contributed by atoms with Gasteiger partial charge in [-0.2, -0.15) is 5.10 Å². The fourth-order valence-electron chi connectivity index (χ4n) is 2.39. The van der Waals surface area contributed by atoms with Crippen molar-refractivity contribution in [2.24, 2.45) is 5.92 Å². The average molecular weight is 304 g/mol. The number of aryl methyl sites for hydroxylation is 1. The predicted octanol–water partition coefficient (Wildman–Crippen LogP) is 1.07. The second-order valence-corrected chi connectivity index (χ2v) is 5.98.